The Morgan fingerprint density at radius 1 is 1.29 bits per heavy atom. The van der Waals surface area contributed by atoms with Crippen molar-refractivity contribution in [3.8, 4) is 0 Å². The minimum atomic E-state index is -3.39. The fourth-order valence-electron chi connectivity index (χ4n) is 1.72. The lowest BCUT2D eigenvalue weighted by Gasteiger charge is -2.18. The highest BCUT2D eigenvalue weighted by atomic mass is 32.2. The second kappa shape index (κ2) is 9.08. The maximum Gasteiger partial charge on any atom is 0.279 e. The van der Waals surface area contributed by atoms with Crippen LogP contribution in [0.4, 0.5) is 0 Å². The van der Waals surface area contributed by atoms with Gasteiger partial charge >= 0.3 is 0 Å². The van der Waals surface area contributed by atoms with Gasteiger partial charge in [0.05, 0.1) is 6.20 Å². The van der Waals surface area contributed by atoms with Crippen molar-refractivity contribution in [2.45, 2.75) is 39.3 Å². The SMILES string of the molecule is CC(C)NCCCN(C)S(=O)(=O)NCCCn1ccnn1. The predicted molar refractivity (Wildman–Crippen MR) is 81.9 cm³/mol. The van der Waals surface area contributed by atoms with E-state index in [4.69, 9.17) is 0 Å². The molecule has 0 radical (unpaired) electrons. The summed E-state index contributed by atoms with van der Waals surface area (Å²) in [6, 6.07) is 0.418. The summed E-state index contributed by atoms with van der Waals surface area (Å²) in [5.74, 6) is 0. The molecule has 0 bridgehead atoms. The molecule has 9 heteroatoms. The molecule has 0 aromatic carbocycles. The number of hydrogen-bond donors (Lipinski definition) is 2. The number of nitrogens with zero attached hydrogens (tertiary/aromatic N) is 4. The summed E-state index contributed by atoms with van der Waals surface area (Å²) in [5, 5.41) is 10.8. The van der Waals surface area contributed by atoms with Crippen molar-refractivity contribution >= 4 is 10.2 Å². The van der Waals surface area contributed by atoms with E-state index in [1.165, 1.54) is 4.31 Å². The Morgan fingerprint density at radius 3 is 2.67 bits per heavy atom. The van der Waals surface area contributed by atoms with Crippen LogP contribution >= 0.6 is 0 Å². The summed E-state index contributed by atoms with van der Waals surface area (Å²) in [5.41, 5.74) is 0. The summed E-state index contributed by atoms with van der Waals surface area (Å²) in [6.45, 7) is 6.47. The molecular formula is C12H26N6O2S. The molecule has 0 aliphatic carbocycles. The van der Waals surface area contributed by atoms with Crippen LogP contribution in [-0.2, 0) is 16.8 Å². The maximum atomic E-state index is 12.0. The van der Waals surface area contributed by atoms with Crippen molar-refractivity contribution in [2.75, 3.05) is 26.7 Å². The lowest BCUT2D eigenvalue weighted by molar-refractivity contribution is 0.437. The Bertz CT molecular complexity index is 474. The molecule has 0 saturated heterocycles. The van der Waals surface area contributed by atoms with Gasteiger partial charge < -0.3 is 5.32 Å². The Labute approximate surface area is 127 Å². The van der Waals surface area contributed by atoms with E-state index in [0.29, 0.717) is 32.1 Å². The van der Waals surface area contributed by atoms with Crippen molar-refractivity contribution in [2.24, 2.45) is 0 Å². The Hall–Kier alpha value is -1.03. The van der Waals surface area contributed by atoms with Crippen molar-refractivity contribution in [1.29, 1.82) is 0 Å². The number of nitrogens with one attached hydrogen (secondary N) is 2. The van der Waals surface area contributed by atoms with Crippen LogP contribution in [0.15, 0.2) is 12.4 Å². The van der Waals surface area contributed by atoms with Gasteiger partial charge in [-0.25, -0.2) is 4.72 Å². The number of aromatic nitrogens is 3. The smallest absolute Gasteiger partial charge is 0.279 e. The van der Waals surface area contributed by atoms with Crippen LogP contribution in [0.1, 0.15) is 26.7 Å². The van der Waals surface area contributed by atoms with Crippen molar-refractivity contribution in [3.63, 3.8) is 0 Å². The molecule has 1 aromatic heterocycles. The molecule has 21 heavy (non-hydrogen) atoms. The zero-order valence-corrected chi connectivity index (χ0v) is 13.8. The Kier molecular flexibility index (Phi) is 7.79. The van der Waals surface area contributed by atoms with Crippen LogP contribution < -0.4 is 10.0 Å². The van der Waals surface area contributed by atoms with E-state index < -0.39 is 10.2 Å². The summed E-state index contributed by atoms with van der Waals surface area (Å²) in [4.78, 5) is 0. The number of rotatable bonds is 11. The van der Waals surface area contributed by atoms with Crippen LogP contribution in [0.3, 0.4) is 0 Å². The third kappa shape index (κ3) is 7.51. The first-order valence-corrected chi connectivity index (χ1v) is 8.64. The molecule has 0 saturated carbocycles. The van der Waals surface area contributed by atoms with Crippen LogP contribution in [-0.4, -0.2) is 60.4 Å². The first-order chi connectivity index (χ1) is 9.92. The zero-order valence-electron chi connectivity index (χ0n) is 13.0. The van der Waals surface area contributed by atoms with Crippen LogP contribution in [0, 0.1) is 0 Å². The van der Waals surface area contributed by atoms with E-state index in [-0.39, 0.29) is 0 Å². The molecule has 0 amide bonds. The molecule has 1 heterocycles. The molecule has 0 fully saturated rings. The largest absolute Gasteiger partial charge is 0.314 e. The third-order valence-corrected chi connectivity index (χ3v) is 4.51. The van der Waals surface area contributed by atoms with Gasteiger partial charge in [0.1, 0.15) is 0 Å². The monoisotopic (exact) mass is 318 g/mol. The second-order valence-electron chi connectivity index (χ2n) is 5.20. The zero-order chi connectivity index (χ0) is 15.7. The average Bonchev–Trinajstić information content (AvgIpc) is 2.92. The molecule has 1 rings (SSSR count). The van der Waals surface area contributed by atoms with Gasteiger partial charge in [0.15, 0.2) is 0 Å². The van der Waals surface area contributed by atoms with Crippen molar-refractivity contribution < 1.29 is 8.42 Å². The normalized spacial score (nSPS) is 12.4. The first kappa shape index (κ1) is 18.0. The van der Waals surface area contributed by atoms with Gasteiger partial charge in [-0.05, 0) is 19.4 Å². The quantitative estimate of drug-likeness (QED) is 0.552. The molecule has 8 nitrogen and oxygen atoms in total. The van der Waals surface area contributed by atoms with Gasteiger partial charge in [-0.1, -0.05) is 19.1 Å². The predicted octanol–water partition coefficient (Wildman–Crippen LogP) is -0.177. The highest BCUT2D eigenvalue weighted by Gasteiger charge is 2.15. The summed E-state index contributed by atoms with van der Waals surface area (Å²) in [6.07, 6.45) is 4.81. The summed E-state index contributed by atoms with van der Waals surface area (Å²) >= 11 is 0. The Morgan fingerprint density at radius 2 is 2.05 bits per heavy atom. The van der Waals surface area contributed by atoms with E-state index in [9.17, 15) is 8.42 Å². The Balaban J connectivity index is 2.18. The molecule has 2 N–H and O–H groups in total. The molecule has 0 aliphatic heterocycles. The number of hydrogen-bond acceptors (Lipinski definition) is 5. The molecule has 0 atom stereocenters. The summed E-state index contributed by atoms with van der Waals surface area (Å²) in [7, 11) is -1.80. The van der Waals surface area contributed by atoms with Crippen LogP contribution in [0.5, 0.6) is 0 Å². The van der Waals surface area contributed by atoms with Gasteiger partial charge in [0.2, 0.25) is 0 Å². The van der Waals surface area contributed by atoms with Crippen molar-refractivity contribution in [3.05, 3.63) is 12.4 Å². The highest BCUT2D eigenvalue weighted by molar-refractivity contribution is 7.87. The maximum absolute atomic E-state index is 12.0. The topological polar surface area (TPSA) is 92.2 Å². The minimum absolute atomic E-state index is 0.386. The van der Waals surface area contributed by atoms with E-state index in [1.54, 1.807) is 24.1 Å². The van der Waals surface area contributed by atoms with Gasteiger partial charge in [0, 0.05) is 38.9 Å². The van der Waals surface area contributed by atoms with Gasteiger partial charge in [-0.3, -0.25) is 4.68 Å². The summed E-state index contributed by atoms with van der Waals surface area (Å²) < 4.78 is 29.6. The first-order valence-electron chi connectivity index (χ1n) is 7.20. The second-order valence-corrected chi connectivity index (χ2v) is 7.07. The van der Waals surface area contributed by atoms with Gasteiger partial charge in [-0.15, -0.1) is 5.10 Å². The molecule has 0 unspecified atom stereocenters. The molecule has 1 aromatic rings. The van der Waals surface area contributed by atoms with Crippen LogP contribution in [0.2, 0.25) is 0 Å². The minimum Gasteiger partial charge on any atom is -0.314 e. The van der Waals surface area contributed by atoms with E-state index in [2.05, 4.69) is 34.2 Å². The van der Waals surface area contributed by atoms with Crippen LogP contribution in [0.25, 0.3) is 0 Å². The van der Waals surface area contributed by atoms with E-state index in [1.807, 2.05) is 0 Å². The molecular weight excluding hydrogens is 292 g/mol. The molecule has 122 valence electrons. The lowest BCUT2D eigenvalue weighted by Crippen LogP contribution is -2.40. The molecule has 0 aliphatic rings. The lowest BCUT2D eigenvalue weighted by atomic mass is 10.3. The molecule has 0 spiro atoms. The fourth-order valence-corrected chi connectivity index (χ4v) is 2.71. The van der Waals surface area contributed by atoms with Gasteiger partial charge in [0.25, 0.3) is 10.2 Å². The van der Waals surface area contributed by atoms with Crippen molar-refractivity contribution in [1.82, 2.24) is 29.3 Å². The highest BCUT2D eigenvalue weighted by Crippen LogP contribution is 1.96. The average molecular weight is 318 g/mol. The standard InChI is InChI=1S/C12H26N6O2S/c1-12(2)13-6-4-9-17(3)21(19,20)15-7-5-10-18-11-8-14-16-18/h8,11-13,15H,4-7,9-10H2,1-3H3. The van der Waals surface area contributed by atoms with Gasteiger partial charge in [-0.2, -0.15) is 12.7 Å². The number of aryl methyl sites for hydroxylation is 1. The third-order valence-electron chi connectivity index (χ3n) is 2.93. The van der Waals surface area contributed by atoms with E-state index >= 15 is 0 Å². The van der Waals surface area contributed by atoms with E-state index in [0.717, 1.165) is 13.0 Å². The fraction of sp³-hybridized carbons (Fsp3) is 0.833.